The minimum Gasteiger partial charge on any atom is -0.357 e. The molecule has 1 aliphatic heterocycles. The Labute approximate surface area is 176 Å². The summed E-state index contributed by atoms with van der Waals surface area (Å²) in [5, 5.41) is 7.88. The van der Waals surface area contributed by atoms with E-state index in [0.717, 1.165) is 50.0 Å². The van der Waals surface area contributed by atoms with Crippen molar-refractivity contribution in [3.8, 4) is 0 Å². The van der Waals surface area contributed by atoms with Crippen LogP contribution >= 0.6 is 0 Å². The molecule has 0 spiro atoms. The quantitative estimate of drug-likeness (QED) is 0.582. The van der Waals surface area contributed by atoms with Crippen LogP contribution in [-0.4, -0.2) is 89.8 Å². The van der Waals surface area contributed by atoms with Crippen molar-refractivity contribution in [1.29, 1.82) is 0 Å². The van der Waals surface area contributed by atoms with Gasteiger partial charge >= 0.3 is 0 Å². The Bertz CT molecular complexity index is 689. The van der Waals surface area contributed by atoms with Gasteiger partial charge in [-0.25, -0.2) is 0 Å². The first-order valence-electron chi connectivity index (χ1n) is 11.5. The zero-order valence-corrected chi connectivity index (χ0v) is 18.7. The first kappa shape index (κ1) is 20.7. The van der Waals surface area contributed by atoms with E-state index < -0.39 is 0 Å². The van der Waals surface area contributed by atoms with Crippen molar-refractivity contribution < 1.29 is 0 Å². The third kappa shape index (κ3) is 4.61. The molecule has 1 saturated heterocycles. The lowest BCUT2D eigenvalue weighted by Crippen LogP contribution is -2.55. The molecule has 2 aliphatic carbocycles. The Morgan fingerprint density at radius 2 is 2.03 bits per heavy atom. The number of hydrogen-bond acceptors (Lipinski definition) is 4. The van der Waals surface area contributed by atoms with Crippen molar-refractivity contribution in [2.45, 2.75) is 44.7 Å². The fourth-order valence-corrected chi connectivity index (χ4v) is 5.70. The largest absolute Gasteiger partial charge is 0.357 e. The Hall–Kier alpha value is -1.60. The third-order valence-corrected chi connectivity index (χ3v) is 7.27. The number of likely N-dealkylation sites (N-methyl/N-ethyl adjacent to an activating group) is 1. The summed E-state index contributed by atoms with van der Waals surface area (Å²) >= 11 is 0. The maximum atomic E-state index is 5.04. The number of aliphatic imine (C=N–C) groups is 1. The highest BCUT2D eigenvalue weighted by Gasteiger charge is 2.42. The van der Waals surface area contributed by atoms with E-state index in [2.05, 4.69) is 52.3 Å². The minimum atomic E-state index is 0.243. The van der Waals surface area contributed by atoms with Crippen molar-refractivity contribution in [2.24, 2.45) is 23.9 Å². The second-order valence-electron chi connectivity index (χ2n) is 9.39. The van der Waals surface area contributed by atoms with Gasteiger partial charge in [-0.1, -0.05) is 6.42 Å². The average Bonchev–Trinajstić information content (AvgIpc) is 3.45. The van der Waals surface area contributed by atoms with Crippen LogP contribution in [-0.2, 0) is 7.05 Å². The average molecular weight is 402 g/mol. The molecule has 0 radical (unpaired) electrons. The van der Waals surface area contributed by atoms with Gasteiger partial charge in [0.25, 0.3) is 0 Å². The smallest absolute Gasteiger partial charge is 0.194 e. The van der Waals surface area contributed by atoms with E-state index in [-0.39, 0.29) is 6.04 Å². The summed E-state index contributed by atoms with van der Waals surface area (Å²) < 4.78 is 1.87. The SMILES string of the molecule is CCNC(=NCC(c1cnn(C)c1)N(C)C)N1CCN(C2CC3CCC2C3)CC1. The van der Waals surface area contributed by atoms with E-state index in [1.165, 1.54) is 44.3 Å². The van der Waals surface area contributed by atoms with E-state index in [0.29, 0.717) is 0 Å². The van der Waals surface area contributed by atoms with Crippen LogP contribution in [0, 0.1) is 11.8 Å². The normalized spacial score (nSPS) is 29.1. The number of rotatable bonds is 6. The molecule has 4 rings (SSSR count). The van der Waals surface area contributed by atoms with Crippen LogP contribution in [0.2, 0.25) is 0 Å². The second kappa shape index (κ2) is 9.04. The van der Waals surface area contributed by atoms with Crippen LogP contribution in [0.5, 0.6) is 0 Å². The molecule has 1 aromatic heterocycles. The van der Waals surface area contributed by atoms with Crippen LogP contribution in [0.15, 0.2) is 17.4 Å². The summed E-state index contributed by atoms with van der Waals surface area (Å²) in [7, 11) is 6.21. The molecule has 4 unspecified atom stereocenters. The first-order valence-corrected chi connectivity index (χ1v) is 11.5. The summed E-state index contributed by atoms with van der Waals surface area (Å²) in [4.78, 5) is 12.5. The van der Waals surface area contributed by atoms with E-state index in [4.69, 9.17) is 4.99 Å². The number of nitrogens with one attached hydrogen (secondary N) is 1. The summed E-state index contributed by atoms with van der Waals surface area (Å²) in [6.07, 6.45) is 9.97. The van der Waals surface area contributed by atoms with Crippen LogP contribution in [0.4, 0.5) is 0 Å². The molecule has 0 aromatic carbocycles. The lowest BCUT2D eigenvalue weighted by atomic mass is 9.93. The minimum absolute atomic E-state index is 0.243. The van der Waals surface area contributed by atoms with Crippen molar-refractivity contribution in [1.82, 2.24) is 29.8 Å². The molecule has 0 amide bonds. The number of aromatic nitrogens is 2. The number of nitrogens with zero attached hydrogens (tertiary/aromatic N) is 6. The maximum Gasteiger partial charge on any atom is 0.194 e. The number of hydrogen-bond donors (Lipinski definition) is 1. The van der Waals surface area contributed by atoms with Gasteiger partial charge in [-0.05, 0) is 52.1 Å². The zero-order chi connectivity index (χ0) is 20.4. The van der Waals surface area contributed by atoms with Gasteiger partial charge in [-0.15, -0.1) is 0 Å². The van der Waals surface area contributed by atoms with Gasteiger partial charge < -0.3 is 15.1 Å². The fourth-order valence-electron chi connectivity index (χ4n) is 5.70. The Kier molecular flexibility index (Phi) is 6.44. The van der Waals surface area contributed by atoms with Crippen LogP contribution < -0.4 is 5.32 Å². The highest BCUT2D eigenvalue weighted by atomic mass is 15.4. The molecule has 2 heterocycles. The molecule has 2 saturated carbocycles. The fraction of sp³-hybridized carbons (Fsp3) is 0.818. The van der Waals surface area contributed by atoms with Crippen molar-refractivity contribution in [3.63, 3.8) is 0 Å². The first-order chi connectivity index (χ1) is 14.0. The van der Waals surface area contributed by atoms with Gasteiger partial charge in [0, 0.05) is 57.6 Å². The van der Waals surface area contributed by atoms with E-state index in [1.54, 1.807) is 0 Å². The number of aryl methyl sites for hydroxylation is 1. The Morgan fingerprint density at radius 3 is 2.59 bits per heavy atom. The molecular weight excluding hydrogens is 362 g/mol. The zero-order valence-electron chi connectivity index (χ0n) is 18.7. The van der Waals surface area contributed by atoms with Gasteiger partial charge in [0.15, 0.2) is 5.96 Å². The van der Waals surface area contributed by atoms with Crippen molar-refractivity contribution >= 4 is 5.96 Å². The topological polar surface area (TPSA) is 51.9 Å². The predicted octanol–water partition coefficient (Wildman–Crippen LogP) is 1.79. The molecule has 3 aliphatic rings. The van der Waals surface area contributed by atoms with Gasteiger partial charge in [-0.3, -0.25) is 14.6 Å². The molecule has 7 heteroatoms. The van der Waals surface area contributed by atoms with Crippen LogP contribution in [0.1, 0.15) is 44.2 Å². The standard InChI is InChI=1S/C22H39N7/c1-5-23-22(24-15-21(26(2)3)19-14-25-27(4)16-19)29-10-8-28(9-11-29)20-13-17-6-7-18(20)12-17/h14,16-18,20-21H,5-13,15H2,1-4H3,(H,23,24). The summed E-state index contributed by atoms with van der Waals surface area (Å²) in [5.41, 5.74) is 1.22. The predicted molar refractivity (Wildman–Crippen MR) is 118 cm³/mol. The Morgan fingerprint density at radius 1 is 1.24 bits per heavy atom. The van der Waals surface area contributed by atoms with E-state index in [9.17, 15) is 0 Å². The van der Waals surface area contributed by atoms with E-state index in [1.807, 2.05) is 17.9 Å². The lowest BCUT2D eigenvalue weighted by Gasteiger charge is -2.42. The molecule has 1 N–H and O–H groups in total. The van der Waals surface area contributed by atoms with E-state index >= 15 is 0 Å². The highest BCUT2D eigenvalue weighted by molar-refractivity contribution is 5.80. The van der Waals surface area contributed by atoms with Gasteiger partial charge in [0.2, 0.25) is 0 Å². The monoisotopic (exact) mass is 401 g/mol. The highest BCUT2D eigenvalue weighted by Crippen LogP contribution is 2.46. The Balaban J connectivity index is 1.37. The number of guanidine groups is 1. The molecule has 4 atom stereocenters. The molecule has 7 nitrogen and oxygen atoms in total. The van der Waals surface area contributed by atoms with Gasteiger partial charge in [0.1, 0.15) is 0 Å². The summed E-state index contributed by atoms with van der Waals surface area (Å²) in [6.45, 7) is 8.33. The lowest BCUT2D eigenvalue weighted by molar-refractivity contribution is 0.0957. The van der Waals surface area contributed by atoms with Crippen molar-refractivity contribution in [3.05, 3.63) is 18.0 Å². The molecular formula is C22H39N7. The van der Waals surface area contributed by atoms with Crippen molar-refractivity contribution in [2.75, 3.05) is 53.4 Å². The van der Waals surface area contributed by atoms with Crippen LogP contribution in [0.3, 0.4) is 0 Å². The number of fused-ring (bicyclic) bond motifs is 2. The molecule has 1 aromatic rings. The summed E-state index contributed by atoms with van der Waals surface area (Å²) in [6, 6.07) is 1.10. The third-order valence-electron chi connectivity index (χ3n) is 7.27. The van der Waals surface area contributed by atoms with Crippen LogP contribution in [0.25, 0.3) is 0 Å². The molecule has 2 bridgehead atoms. The number of piperazine rings is 1. The molecule has 29 heavy (non-hydrogen) atoms. The van der Waals surface area contributed by atoms with Gasteiger partial charge in [0.05, 0.1) is 18.8 Å². The van der Waals surface area contributed by atoms with Gasteiger partial charge in [-0.2, -0.15) is 5.10 Å². The second-order valence-corrected chi connectivity index (χ2v) is 9.39. The summed E-state index contributed by atoms with van der Waals surface area (Å²) in [5.74, 6) is 3.07. The maximum absolute atomic E-state index is 5.04. The molecule has 3 fully saturated rings. The molecule has 162 valence electrons.